The van der Waals surface area contributed by atoms with Crippen LogP contribution in [0.5, 0.6) is 0 Å². The third kappa shape index (κ3) is 2.64. The topological polar surface area (TPSA) is 27.7 Å². The highest BCUT2D eigenvalue weighted by Gasteiger charge is 2.44. The van der Waals surface area contributed by atoms with E-state index in [2.05, 4.69) is 32.8 Å². The van der Waals surface area contributed by atoms with Gasteiger partial charge in [0.1, 0.15) is 0 Å². The van der Waals surface area contributed by atoms with E-state index in [1.165, 1.54) is 0 Å². The maximum Gasteiger partial charge on any atom is 0.330 e. The van der Waals surface area contributed by atoms with Gasteiger partial charge in [-0.15, -0.1) is 6.58 Å². The van der Waals surface area contributed by atoms with Gasteiger partial charge in [-0.1, -0.05) is 5.70 Å². The van der Waals surface area contributed by atoms with Crippen LogP contribution in [0.3, 0.4) is 0 Å². The van der Waals surface area contributed by atoms with Crippen LogP contribution in [-0.2, 0) is 12.3 Å². The van der Waals surface area contributed by atoms with Crippen LogP contribution in [0.1, 0.15) is 0 Å². The van der Waals surface area contributed by atoms with Gasteiger partial charge in [0.2, 0.25) is 0 Å². The fourth-order valence-corrected chi connectivity index (χ4v) is 13.2. The molecule has 1 rings (SSSR count). The van der Waals surface area contributed by atoms with Crippen molar-refractivity contribution in [3.05, 3.63) is 12.3 Å². The molecule has 1 aliphatic rings. The summed E-state index contributed by atoms with van der Waals surface area (Å²) < 4.78 is 17.2. The standard InChI is InChI=1S/C6H16O3Si3/c1-6-10-7-11(2,3)9-12(4,5)8-10/h6,10H,1H2,2-5H3. The molecule has 0 spiro atoms. The molecule has 1 fully saturated rings. The van der Waals surface area contributed by atoms with Crippen molar-refractivity contribution in [3.63, 3.8) is 0 Å². The zero-order valence-electron chi connectivity index (χ0n) is 8.09. The smallest absolute Gasteiger partial charge is 0.330 e. The Morgan fingerprint density at radius 3 is 1.83 bits per heavy atom. The molecular weight excluding hydrogens is 204 g/mol. The molecule has 0 N–H and O–H groups in total. The Balaban J connectivity index is 2.72. The molecule has 0 unspecified atom stereocenters. The van der Waals surface area contributed by atoms with Crippen molar-refractivity contribution in [3.8, 4) is 0 Å². The predicted molar refractivity (Wildman–Crippen MR) is 55.6 cm³/mol. The molecule has 1 aliphatic heterocycles. The molecular formula is C6H16O3Si3. The third-order valence-corrected chi connectivity index (χ3v) is 12.2. The lowest BCUT2D eigenvalue weighted by atomic mass is 11.3. The second-order valence-electron chi connectivity index (χ2n) is 3.74. The van der Waals surface area contributed by atoms with Crippen molar-refractivity contribution in [2.45, 2.75) is 26.2 Å². The summed E-state index contributed by atoms with van der Waals surface area (Å²) in [5.74, 6) is 0. The van der Waals surface area contributed by atoms with E-state index in [-0.39, 0.29) is 0 Å². The first-order chi connectivity index (χ1) is 5.35. The molecule has 0 aromatic rings. The predicted octanol–water partition coefficient (Wildman–Crippen LogP) is 1.40. The van der Waals surface area contributed by atoms with Crippen molar-refractivity contribution < 1.29 is 12.3 Å². The summed E-state index contributed by atoms with van der Waals surface area (Å²) in [5, 5.41) is 0. The molecule has 0 amide bonds. The van der Waals surface area contributed by atoms with Crippen LogP contribution in [0, 0.1) is 0 Å². The van der Waals surface area contributed by atoms with Gasteiger partial charge in [-0.3, -0.25) is 0 Å². The summed E-state index contributed by atoms with van der Waals surface area (Å²) in [7, 11) is -5.36. The molecule has 0 aromatic heterocycles. The number of rotatable bonds is 1. The fraction of sp³-hybridized carbons (Fsp3) is 0.667. The molecule has 3 nitrogen and oxygen atoms in total. The average molecular weight is 220 g/mol. The largest absolute Gasteiger partial charge is 0.416 e. The van der Waals surface area contributed by atoms with Gasteiger partial charge in [-0.25, -0.2) is 0 Å². The first kappa shape index (κ1) is 10.4. The molecule has 0 atom stereocenters. The lowest BCUT2D eigenvalue weighted by Gasteiger charge is -2.41. The minimum Gasteiger partial charge on any atom is -0.416 e. The highest BCUT2D eigenvalue weighted by Crippen LogP contribution is 2.24. The first-order valence-electron chi connectivity index (χ1n) is 4.03. The van der Waals surface area contributed by atoms with Gasteiger partial charge in [0, 0.05) is 0 Å². The maximum atomic E-state index is 5.81. The Labute approximate surface area is 77.7 Å². The van der Waals surface area contributed by atoms with Crippen molar-refractivity contribution in [1.29, 1.82) is 0 Å². The monoisotopic (exact) mass is 220 g/mol. The van der Waals surface area contributed by atoms with Crippen LogP contribution in [0.15, 0.2) is 12.3 Å². The summed E-state index contributed by atoms with van der Waals surface area (Å²) in [6, 6.07) is 0. The molecule has 0 saturated carbocycles. The second-order valence-corrected chi connectivity index (χ2v) is 13.3. The van der Waals surface area contributed by atoms with Gasteiger partial charge >= 0.3 is 26.4 Å². The van der Waals surface area contributed by atoms with Gasteiger partial charge < -0.3 is 12.3 Å². The van der Waals surface area contributed by atoms with Crippen LogP contribution >= 0.6 is 0 Å². The summed E-state index contributed by atoms with van der Waals surface area (Å²) in [6.45, 7) is 12.0. The van der Waals surface area contributed by atoms with E-state index in [4.69, 9.17) is 12.3 Å². The van der Waals surface area contributed by atoms with Gasteiger partial charge in [0.25, 0.3) is 0 Å². The van der Waals surface area contributed by atoms with Gasteiger partial charge in [0.05, 0.1) is 0 Å². The van der Waals surface area contributed by atoms with Crippen LogP contribution in [0.25, 0.3) is 0 Å². The summed E-state index contributed by atoms with van der Waals surface area (Å²) >= 11 is 0. The van der Waals surface area contributed by atoms with E-state index in [0.717, 1.165) is 0 Å². The maximum absolute atomic E-state index is 5.81. The number of hydrogen-bond donors (Lipinski definition) is 0. The van der Waals surface area contributed by atoms with Crippen molar-refractivity contribution in [1.82, 2.24) is 0 Å². The fourth-order valence-electron chi connectivity index (χ4n) is 1.32. The van der Waals surface area contributed by atoms with E-state index < -0.39 is 26.4 Å². The number of hydrogen-bond acceptors (Lipinski definition) is 3. The lowest BCUT2D eigenvalue weighted by Crippen LogP contribution is -2.59. The van der Waals surface area contributed by atoms with Crippen LogP contribution < -0.4 is 0 Å². The Morgan fingerprint density at radius 2 is 1.50 bits per heavy atom. The molecule has 12 heavy (non-hydrogen) atoms. The normalized spacial score (nSPS) is 28.3. The van der Waals surface area contributed by atoms with E-state index in [0.29, 0.717) is 0 Å². The minimum absolute atomic E-state index is 1.59. The van der Waals surface area contributed by atoms with E-state index in [9.17, 15) is 0 Å². The van der Waals surface area contributed by atoms with Gasteiger partial charge in [-0.05, 0) is 26.2 Å². The molecule has 1 heterocycles. The summed E-state index contributed by atoms with van der Waals surface area (Å²) in [5.41, 5.74) is 1.83. The highest BCUT2D eigenvalue weighted by atomic mass is 28.5. The zero-order valence-corrected chi connectivity index (χ0v) is 11.2. The molecule has 70 valence electrons. The van der Waals surface area contributed by atoms with Gasteiger partial charge in [0.15, 0.2) is 0 Å². The second kappa shape index (κ2) is 3.20. The lowest BCUT2D eigenvalue weighted by molar-refractivity contribution is 0.259. The van der Waals surface area contributed by atoms with E-state index in [1.807, 2.05) is 5.70 Å². The molecule has 0 aromatic carbocycles. The van der Waals surface area contributed by atoms with Gasteiger partial charge in [-0.2, -0.15) is 0 Å². The third-order valence-electron chi connectivity index (χ3n) is 1.48. The minimum atomic E-state index is -1.88. The first-order valence-corrected chi connectivity index (χ1v) is 11.3. The Kier molecular flexibility index (Phi) is 2.76. The van der Waals surface area contributed by atoms with Crippen molar-refractivity contribution in [2.24, 2.45) is 0 Å². The van der Waals surface area contributed by atoms with Crippen LogP contribution in [-0.4, -0.2) is 26.4 Å². The van der Waals surface area contributed by atoms with Crippen molar-refractivity contribution >= 4 is 26.4 Å². The molecule has 6 heteroatoms. The quantitative estimate of drug-likeness (QED) is 0.625. The Hall–Kier alpha value is 0.271. The molecule has 0 radical (unpaired) electrons. The van der Waals surface area contributed by atoms with E-state index in [1.54, 1.807) is 0 Å². The Bertz CT molecular complexity index is 176. The van der Waals surface area contributed by atoms with Crippen molar-refractivity contribution in [2.75, 3.05) is 0 Å². The molecule has 0 aliphatic carbocycles. The summed E-state index contributed by atoms with van der Waals surface area (Å²) in [4.78, 5) is 0. The molecule has 1 saturated heterocycles. The molecule has 0 bridgehead atoms. The SMILES string of the molecule is C=C[SiH]1O[Si](C)(C)O[Si](C)(C)O1. The van der Waals surface area contributed by atoms with E-state index >= 15 is 0 Å². The Morgan fingerprint density at radius 1 is 1.08 bits per heavy atom. The average Bonchev–Trinajstić information content (AvgIpc) is 1.80. The zero-order chi connectivity index (χ0) is 9.41. The summed E-state index contributed by atoms with van der Waals surface area (Å²) in [6.07, 6.45) is 0. The highest BCUT2D eigenvalue weighted by molar-refractivity contribution is 6.88. The van der Waals surface area contributed by atoms with Crippen LogP contribution in [0.4, 0.5) is 0 Å². The van der Waals surface area contributed by atoms with Crippen LogP contribution in [0.2, 0.25) is 26.2 Å².